The summed E-state index contributed by atoms with van der Waals surface area (Å²) < 4.78 is 5.40. The molecule has 0 atom stereocenters. The second-order valence-electron chi connectivity index (χ2n) is 7.54. The van der Waals surface area contributed by atoms with Gasteiger partial charge in [0.05, 0.1) is 6.54 Å². The number of hydrogen-bond donors (Lipinski definition) is 0. The van der Waals surface area contributed by atoms with Gasteiger partial charge in [-0.3, -0.25) is 14.7 Å². The van der Waals surface area contributed by atoms with Gasteiger partial charge in [0.25, 0.3) is 0 Å². The highest BCUT2D eigenvalue weighted by Crippen LogP contribution is 2.23. The zero-order valence-corrected chi connectivity index (χ0v) is 15.7. The molecule has 7 heteroatoms. The summed E-state index contributed by atoms with van der Waals surface area (Å²) in [6, 6.07) is 3.78. The molecule has 2 aliphatic rings. The fourth-order valence-electron chi connectivity index (χ4n) is 4.01. The van der Waals surface area contributed by atoms with E-state index in [1.807, 2.05) is 12.1 Å². The monoisotopic (exact) mass is 369 g/mol. The molecule has 4 rings (SSSR count). The lowest BCUT2D eigenvalue weighted by Crippen LogP contribution is -2.42. The molecule has 7 nitrogen and oxygen atoms in total. The van der Waals surface area contributed by atoms with Gasteiger partial charge < -0.3 is 9.42 Å². The maximum Gasteiger partial charge on any atom is 0.241 e. The smallest absolute Gasteiger partial charge is 0.241 e. The molecule has 27 heavy (non-hydrogen) atoms. The third kappa shape index (κ3) is 4.53. The van der Waals surface area contributed by atoms with Crippen LogP contribution in [0.15, 0.2) is 29.0 Å². The van der Waals surface area contributed by atoms with Crippen LogP contribution in [0.3, 0.4) is 0 Å². The van der Waals surface area contributed by atoms with Crippen LogP contribution in [0, 0.1) is 5.92 Å². The van der Waals surface area contributed by atoms with Crippen molar-refractivity contribution >= 4 is 5.91 Å². The van der Waals surface area contributed by atoms with Crippen molar-refractivity contribution in [2.24, 2.45) is 5.92 Å². The van der Waals surface area contributed by atoms with E-state index in [1.54, 1.807) is 12.4 Å². The second-order valence-corrected chi connectivity index (χ2v) is 7.54. The Bertz CT molecular complexity index is 732. The van der Waals surface area contributed by atoms with Crippen molar-refractivity contribution in [3.63, 3.8) is 0 Å². The van der Waals surface area contributed by atoms with Crippen molar-refractivity contribution < 1.29 is 9.32 Å². The Labute approximate surface area is 159 Å². The van der Waals surface area contributed by atoms with Crippen molar-refractivity contribution in [3.8, 4) is 11.4 Å². The quantitative estimate of drug-likeness (QED) is 0.825. The van der Waals surface area contributed by atoms with E-state index in [9.17, 15) is 4.79 Å². The van der Waals surface area contributed by atoms with Gasteiger partial charge in [0, 0.05) is 37.0 Å². The normalized spacial score (nSPS) is 19.8. The van der Waals surface area contributed by atoms with Crippen molar-refractivity contribution in [3.05, 3.63) is 30.4 Å². The van der Waals surface area contributed by atoms with Gasteiger partial charge in [-0.2, -0.15) is 4.98 Å². The molecule has 2 fully saturated rings. The number of carbonyl (C=O) groups excluding carboxylic acids is 1. The maximum absolute atomic E-state index is 12.8. The maximum atomic E-state index is 12.8. The molecule has 0 radical (unpaired) electrons. The van der Waals surface area contributed by atoms with E-state index in [1.165, 1.54) is 12.8 Å². The fourth-order valence-corrected chi connectivity index (χ4v) is 4.01. The predicted molar refractivity (Wildman–Crippen MR) is 101 cm³/mol. The zero-order valence-electron chi connectivity index (χ0n) is 15.7. The number of rotatable bonds is 4. The predicted octanol–water partition coefficient (Wildman–Crippen LogP) is 2.75. The van der Waals surface area contributed by atoms with Crippen LogP contribution in [0.25, 0.3) is 11.4 Å². The number of nitrogens with zero attached hydrogens (tertiary/aromatic N) is 5. The molecule has 144 valence electrons. The molecular weight excluding hydrogens is 342 g/mol. The summed E-state index contributed by atoms with van der Waals surface area (Å²) in [6.45, 7) is 4.32. The van der Waals surface area contributed by atoms with E-state index in [0.29, 0.717) is 24.2 Å². The molecule has 4 heterocycles. The second kappa shape index (κ2) is 8.61. The molecule has 2 saturated heterocycles. The minimum Gasteiger partial charge on any atom is -0.342 e. The van der Waals surface area contributed by atoms with E-state index in [2.05, 4.69) is 24.9 Å². The molecule has 0 aromatic carbocycles. The van der Waals surface area contributed by atoms with Gasteiger partial charge in [0.15, 0.2) is 0 Å². The third-order valence-corrected chi connectivity index (χ3v) is 5.60. The Morgan fingerprint density at radius 2 is 1.89 bits per heavy atom. The number of piperidine rings is 1. The number of likely N-dealkylation sites (tertiary alicyclic amines) is 2. The highest BCUT2D eigenvalue weighted by atomic mass is 16.5. The van der Waals surface area contributed by atoms with E-state index >= 15 is 0 Å². The minimum atomic E-state index is 0.174. The molecule has 0 spiro atoms. The summed E-state index contributed by atoms with van der Waals surface area (Å²) in [6.07, 6.45) is 10.1. The van der Waals surface area contributed by atoms with Crippen molar-refractivity contribution in [2.75, 3.05) is 26.2 Å². The minimum absolute atomic E-state index is 0.174. The first kappa shape index (κ1) is 18.1. The summed E-state index contributed by atoms with van der Waals surface area (Å²) in [5.41, 5.74) is 0.856. The van der Waals surface area contributed by atoms with Crippen LogP contribution in [-0.4, -0.2) is 57.0 Å². The number of amides is 1. The van der Waals surface area contributed by atoms with Crippen molar-refractivity contribution in [2.45, 2.75) is 45.1 Å². The van der Waals surface area contributed by atoms with Gasteiger partial charge in [-0.15, -0.1) is 0 Å². The molecule has 2 aromatic rings. The lowest BCUT2D eigenvalue weighted by Gasteiger charge is -2.33. The summed E-state index contributed by atoms with van der Waals surface area (Å²) in [5.74, 6) is 1.73. The summed E-state index contributed by atoms with van der Waals surface area (Å²) >= 11 is 0. The molecule has 0 saturated carbocycles. The van der Waals surface area contributed by atoms with Gasteiger partial charge >= 0.3 is 0 Å². The molecule has 0 N–H and O–H groups in total. The Balaban J connectivity index is 1.28. The first-order valence-corrected chi connectivity index (χ1v) is 10.0. The SMILES string of the molecule is O=C(C1CCN(Cc2nc(-c3cccnc3)no2)CC1)N1CCCCCC1. The van der Waals surface area contributed by atoms with E-state index in [0.717, 1.165) is 57.4 Å². The molecule has 0 aliphatic carbocycles. The Hall–Kier alpha value is -2.28. The first-order valence-electron chi connectivity index (χ1n) is 10.0. The molecule has 0 unspecified atom stereocenters. The van der Waals surface area contributed by atoms with E-state index in [4.69, 9.17) is 4.52 Å². The Morgan fingerprint density at radius 1 is 1.11 bits per heavy atom. The standard InChI is InChI=1S/C20H27N5O2/c26-20(25-10-3-1-2-4-11-25)16-7-12-24(13-8-16)15-18-22-19(23-27-18)17-6-5-9-21-14-17/h5-6,9,14,16H,1-4,7-8,10-13,15H2. The van der Waals surface area contributed by atoms with Crippen LogP contribution in [-0.2, 0) is 11.3 Å². The lowest BCUT2D eigenvalue weighted by molar-refractivity contribution is -0.137. The van der Waals surface area contributed by atoms with Crippen LogP contribution in [0.4, 0.5) is 0 Å². The fraction of sp³-hybridized carbons (Fsp3) is 0.600. The van der Waals surface area contributed by atoms with Gasteiger partial charge in [0.2, 0.25) is 17.6 Å². The van der Waals surface area contributed by atoms with Crippen molar-refractivity contribution in [1.29, 1.82) is 0 Å². The zero-order chi connectivity index (χ0) is 18.5. The van der Waals surface area contributed by atoms with E-state index < -0.39 is 0 Å². The van der Waals surface area contributed by atoms with Crippen LogP contribution in [0.5, 0.6) is 0 Å². The molecule has 2 aliphatic heterocycles. The largest absolute Gasteiger partial charge is 0.342 e. The summed E-state index contributed by atoms with van der Waals surface area (Å²) in [7, 11) is 0. The number of pyridine rings is 1. The Morgan fingerprint density at radius 3 is 2.59 bits per heavy atom. The third-order valence-electron chi connectivity index (χ3n) is 5.60. The van der Waals surface area contributed by atoms with Crippen LogP contribution in [0.1, 0.15) is 44.4 Å². The lowest BCUT2D eigenvalue weighted by atomic mass is 9.95. The van der Waals surface area contributed by atoms with Gasteiger partial charge in [-0.05, 0) is 50.9 Å². The van der Waals surface area contributed by atoms with Gasteiger partial charge in [-0.25, -0.2) is 0 Å². The average Bonchev–Trinajstić information content (AvgIpc) is 3.01. The van der Waals surface area contributed by atoms with E-state index in [-0.39, 0.29) is 5.92 Å². The number of aromatic nitrogens is 3. The topological polar surface area (TPSA) is 75.4 Å². The van der Waals surface area contributed by atoms with Crippen LogP contribution in [0.2, 0.25) is 0 Å². The first-order chi connectivity index (χ1) is 13.3. The van der Waals surface area contributed by atoms with Gasteiger partial charge in [0.1, 0.15) is 0 Å². The summed E-state index contributed by atoms with van der Waals surface area (Å²) in [5, 5.41) is 4.05. The summed E-state index contributed by atoms with van der Waals surface area (Å²) in [4.78, 5) is 25.8. The average molecular weight is 369 g/mol. The number of carbonyl (C=O) groups is 1. The molecule has 2 aromatic heterocycles. The highest BCUT2D eigenvalue weighted by molar-refractivity contribution is 5.79. The van der Waals surface area contributed by atoms with Crippen molar-refractivity contribution in [1.82, 2.24) is 24.9 Å². The molecule has 1 amide bonds. The molecule has 0 bridgehead atoms. The van der Waals surface area contributed by atoms with Crippen LogP contribution < -0.4 is 0 Å². The Kier molecular flexibility index (Phi) is 5.77. The highest BCUT2D eigenvalue weighted by Gasteiger charge is 2.29. The van der Waals surface area contributed by atoms with Crippen LogP contribution >= 0.6 is 0 Å². The molecular formula is C20H27N5O2. The van der Waals surface area contributed by atoms with Gasteiger partial charge in [-0.1, -0.05) is 18.0 Å². The number of hydrogen-bond acceptors (Lipinski definition) is 6.